The summed E-state index contributed by atoms with van der Waals surface area (Å²) in [4.78, 5) is 21.3. The van der Waals surface area contributed by atoms with Gasteiger partial charge in [-0.25, -0.2) is 9.29 Å². The molecule has 1 aliphatic rings. The average Bonchev–Trinajstić information content (AvgIpc) is 2.73. The Morgan fingerprint density at radius 3 is 2.34 bits per heavy atom. The normalized spacial score (nSPS) is 17.0. The molecule has 1 unspecified atom stereocenters. The summed E-state index contributed by atoms with van der Waals surface area (Å²) in [5.41, 5.74) is 0.755. The molecule has 0 aliphatic carbocycles. The first-order valence-corrected chi connectivity index (χ1v) is 11.9. The first-order chi connectivity index (χ1) is 13.9. The molecule has 29 heavy (non-hydrogen) atoms. The maximum absolute atomic E-state index is 12.8. The average molecular weight is 538 g/mol. The van der Waals surface area contributed by atoms with Crippen molar-refractivity contribution in [1.82, 2.24) is 18.8 Å². The smallest absolute Gasteiger partial charge is 0.261 e. The topological polar surface area (TPSA) is 41.4 Å². The Kier molecular flexibility index (Phi) is 6.46. The Hall–Kier alpha value is -1.19. The number of fused-ring (bicyclic) bond motifs is 1. The van der Waals surface area contributed by atoms with Gasteiger partial charge in [0.1, 0.15) is 5.82 Å². The lowest BCUT2D eigenvalue weighted by molar-refractivity contribution is 0.144. The van der Waals surface area contributed by atoms with E-state index in [0.717, 1.165) is 46.5 Å². The van der Waals surface area contributed by atoms with Crippen LogP contribution in [0, 0.1) is 0 Å². The molecule has 1 aromatic heterocycles. The van der Waals surface area contributed by atoms with Crippen LogP contribution in [-0.2, 0) is 7.05 Å². The summed E-state index contributed by atoms with van der Waals surface area (Å²) >= 11 is 8.73. The van der Waals surface area contributed by atoms with Gasteiger partial charge in [-0.05, 0) is 61.3 Å². The zero-order valence-electron chi connectivity index (χ0n) is 16.3. The van der Waals surface area contributed by atoms with Gasteiger partial charge in [-0.1, -0.05) is 31.9 Å². The third-order valence-corrected chi connectivity index (χ3v) is 7.44. The van der Waals surface area contributed by atoms with Crippen molar-refractivity contribution in [1.29, 1.82) is 0 Å². The van der Waals surface area contributed by atoms with E-state index in [4.69, 9.17) is 4.98 Å². The molecule has 1 saturated heterocycles. The van der Waals surface area contributed by atoms with Gasteiger partial charge in [0, 0.05) is 47.1 Å². The van der Waals surface area contributed by atoms with Gasteiger partial charge >= 0.3 is 0 Å². The first-order valence-electron chi connectivity index (χ1n) is 9.51. The minimum atomic E-state index is 0.00239. The summed E-state index contributed by atoms with van der Waals surface area (Å²) in [6.07, 6.45) is 0. The zero-order chi connectivity index (χ0) is 20.5. The number of hydrogen-bond donors (Lipinski definition) is 0. The van der Waals surface area contributed by atoms with E-state index in [1.807, 2.05) is 25.2 Å². The van der Waals surface area contributed by atoms with Crippen LogP contribution >= 0.6 is 43.8 Å². The summed E-state index contributed by atoms with van der Waals surface area (Å²) in [6.45, 7) is 5.97. The van der Waals surface area contributed by atoms with Crippen molar-refractivity contribution < 1.29 is 0 Å². The largest absolute Gasteiger partial charge is 0.298 e. The molecular weight excluding hydrogens is 516 g/mol. The van der Waals surface area contributed by atoms with Crippen molar-refractivity contribution in [2.45, 2.75) is 17.9 Å². The van der Waals surface area contributed by atoms with E-state index < -0.39 is 0 Å². The van der Waals surface area contributed by atoms with E-state index in [0.29, 0.717) is 5.39 Å². The minimum absolute atomic E-state index is 0.00239. The van der Waals surface area contributed by atoms with Crippen LogP contribution in [0.2, 0.25) is 0 Å². The number of benzene rings is 2. The van der Waals surface area contributed by atoms with Crippen molar-refractivity contribution in [2.24, 2.45) is 7.05 Å². The molecule has 152 valence electrons. The van der Waals surface area contributed by atoms with E-state index in [1.165, 1.54) is 4.90 Å². The third-order valence-electron chi connectivity index (χ3n) is 5.32. The number of halogens is 2. The molecule has 0 radical (unpaired) electrons. The Labute approximate surface area is 191 Å². The first kappa shape index (κ1) is 21.1. The highest BCUT2D eigenvalue weighted by Crippen LogP contribution is 2.28. The Balaban J connectivity index is 1.47. The molecule has 1 atom stereocenters. The summed E-state index contributed by atoms with van der Waals surface area (Å²) in [7, 11) is 1.82. The second kappa shape index (κ2) is 8.89. The summed E-state index contributed by atoms with van der Waals surface area (Å²) < 4.78 is 6.09. The van der Waals surface area contributed by atoms with E-state index in [2.05, 4.69) is 72.3 Å². The lowest BCUT2D eigenvalue weighted by Gasteiger charge is -2.37. The van der Waals surface area contributed by atoms with Crippen LogP contribution < -0.4 is 5.56 Å². The van der Waals surface area contributed by atoms with Crippen LogP contribution in [0.1, 0.15) is 18.8 Å². The molecule has 2 aromatic carbocycles. The molecule has 0 spiro atoms. The van der Waals surface area contributed by atoms with Crippen molar-refractivity contribution in [3.05, 3.63) is 67.6 Å². The molecule has 0 bridgehead atoms. The van der Waals surface area contributed by atoms with Crippen molar-refractivity contribution >= 4 is 54.7 Å². The van der Waals surface area contributed by atoms with Gasteiger partial charge in [-0.15, -0.1) is 0 Å². The zero-order valence-corrected chi connectivity index (χ0v) is 20.3. The Morgan fingerprint density at radius 2 is 1.66 bits per heavy atom. The fraction of sp³-hybridized carbons (Fsp3) is 0.333. The lowest BCUT2D eigenvalue weighted by Crippen LogP contribution is -2.45. The molecule has 0 saturated carbocycles. The molecule has 2 heterocycles. The van der Waals surface area contributed by atoms with Crippen molar-refractivity contribution in [2.75, 3.05) is 26.2 Å². The number of rotatable bonds is 4. The van der Waals surface area contributed by atoms with Crippen molar-refractivity contribution in [3.8, 4) is 0 Å². The monoisotopic (exact) mass is 536 g/mol. The number of aromatic nitrogens is 2. The van der Waals surface area contributed by atoms with Gasteiger partial charge in [0.2, 0.25) is 0 Å². The molecule has 5 nitrogen and oxygen atoms in total. The van der Waals surface area contributed by atoms with Crippen LogP contribution in [0.25, 0.3) is 10.9 Å². The van der Waals surface area contributed by atoms with E-state index in [-0.39, 0.29) is 11.6 Å². The molecule has 1 fully saturated rings. The molecule has 0 amide bonds. The molecule has 1 aliphatic heterocycles. The van der Waals surface area contributed by atoms with Crippen LogP contribution in [-0.4, -0.2) is 44.9 Å². The maximum atomic E-state index is 12.8. The quantitative estimate of drug-likeness (QED) is 0.445. The highest BCUT2D eigenvalue weighted by Gasteiger charge is 2.25. The molecule has 0 N–H and O–H groups in total. The second-order valence-electron chi connectivity index (χ2n) is 7.18. The molecule has 8 heteroatoms. The maximum Gasteiger partial charge on any atom is 0.261 e. The molecule has 4 rings (SSSR count). The fourth-order valence-corrected chi connectivity index (χ4v) is 5.15. The van der Waals surface area contributed by atoms with Gasteiger partial charge in [0.25, 0.3) is 5.56 Å². The SMILES string of the molecule is CC(c1nc2ccc(Br)cc2c(=O)n1C)N1CCN(Sc2ccc(Br)cc2)CC1. The second-order valence-corrected chi connectivity index (χ2v) is 10.2. The fourth-order valence-electron chi connectivity index (χ4n) is 3.62. The van der Waals surface area contributed by atoms with Gasteiger partial charge in [0.05, 0.1) is 16.9 Å². The number of piperazine rings is 1. The van der Waals surface area contributed by atoms with Gasteiger partial charge in [-0.2, -0.15) is 0 Å². The lowest BCUT2D eigenvalue weighted by atomic mass is 10.2. The van der Waals surface area contributed by atoms with Crippen molar-refractivity contribution in [3.63, 3.8) is 0 Å². The van der Waals surface area contributed by atoms with Crippen LogP contribution in [0.5, 0.6) is 0 Å². The highest BCUT2D eigenvalue weighted by molar-refractivity contribution is 9.10. The highest BCUT2D eigenvalue weighted by atomic mass is 79.9. The van der Waals surface area contributed by atoms with Crippen LogP contribution in [0.4, 0.5) is 0 Å². The Morgan fingerprint density at radius 1 is 1.00 bits per heavy atom. The number of hydrogen-bond acceptors (Lipinski definition) is 5. The molecule has 3 aromatic rings. The molecular formula is C21H22Br2N4OS. The summed E-state index contributed by atoms with van der Waals surface area (Å²) in [5, 5.41) is 0.647. The van der Waals surface area contributed by atoms with Crippen LogP contribution in [0.3, 0.4) is 0 Å². The predicted octanol–water partition coefficient (Wildman–Crippen LogP) is 4.84. The van der Waals surface area contributed by atoms with Gasteiger partial charge in [-0.3, -0.25) is 14.3 Å². The number of nitrogens with zero attached hydrogens (tertiary/aromatic N) is 4. The summed E-state index contributed by atoms with van der Waals surface area (Å²) in [6, 6.07) is 14.2. The standard InChI is InChI=1S/C21H22Br2N4OS/c1-14(20-24-19-8-5-16(23)13-18(19)21(28)25(20)2)26-9-11-27(12-10-26)29-17-6-3-15(22)4-7-17/h3-8,13-14H,9-12H2,1-2H3. The Bertz CT molecular complexity index is 1080. The van der Waals surface area contributed by atoms with Gasteiger partial charge in [0.15, 0.2) is 0 Å². The van der Waals surface area contributed by atoms with E-state index in [9.17, 15) is 4.79 Å². The van der Waals surface area contributed by atoms with Crippen LogP contribution in [0.15, 0.2) is 61.1 Å². The summed E-state index contributed by atoms with van der Waals surface area (Å²) in [5.74, 6) is 0.818. The van der Waals surface area contributed by atoms with Gasteiger partial charge < -0.3 is 0 Å². The van der Waals surface area contributed by atoms with E-state index >= 15 is 0 Å². The minimum Gasteiger partial charge on any atom is -0.298 e. The van der Waals surface area contributed by atoms with E-state index in [1.54, 1.807) is 16.5 Å². The predicted molar refractivity (Wildman–Crippen MR) is 126 cm³/mol. The third kappa shape index (κ3) is 4.61.